The normalized spacial score (nSPS) is 18.5. The van der Waals surface area contributed by atoms with E-state index in [-0.39, 0.29) is 29.5 Å². The molecule has 1 amide bonds. The number of rotatable bonds is 4. The number of aliphatic imine (C=N–C) groups is 1. The lowest BCUT2D eigenvalue weighted by molar-refractivity contribution is -0.115. The molecule has 2 heterocycles. The average Bonchev–Trinajstić information content (AvgIpc) is 3.09. The summed E-state index contributed by atoms with van der Waals surface area (Å²) in [4.78, 5) is 29.2. The first-order valence-electron chi connectivity index (χ1n) is 9.93. The van der Waals surface area contributed by atoms with Crippen molar-refractivity contribution in [2.45, 2.75) is 30.3 Å². The number of methoxy groups -OCH3 is 1. The predicted octanol–water partition coefficient (Wildman–Crippen LogP) is 1.88. The van der Waals surface area contributed by atoms with Crippen LogP contribution in [0.3, 0.4) is 0 Å². The van der Waals surface area contributed by atoms with Crippen molar-refractivity contribution in [2.24, 2.45) is 4.99 Å². The van der Waals surface area contributed by atoms with E-state index in [1.165, 1.54) is 23.5 Å². The number of carbonyl (C=O) groups excluding carboxylic acids is 2. The summed E-state index contributed by atoms with van der Waals surface area (Å²) in [5.41, 5.74) is 1.33. The summed E-state index contributed by atoms with van der Waals surface area (Å²) in [7, 11) is -2.70. The zero-order valence-corrected chi connectivity index (χ0v) is 18.1. The van der Waals surface area contributed by atoms with Gasteiger partial charge in [-0.2, -0.15) is 4.31 Å². The van der Waals surface area contributed by atoms with Crippen molar-refractivity contribution in [3.8, 4) is 0 Å². The fourth-order valence-electron chi connectivity index (χ4n) is 3.99. The lowest BCUT2D eigenvalue weighted by atomic mass is 10.00. The van der Waals surface area contributed by atoms with Gasteiger partial charge in [0, 0.05) is 31.5 Å². The summed E-state index contributed by atoms with van der Waals surface area (Å²) in [6, 6.07) is 13.6. The van der Waals surface area contributed by atoms with Crippen molar-refractivity contribution in [3.05, 3.63) is 65.2 Å². The highest BCUT2D eigenvalue weighted by Crippen LogP contribution is 2.32. The Kier molecular flexibility index (Phi) is 5.40. The van der Waals surface area contributed by atoms with E-state index < -0.39 is 21.7 Å². The molecule has 0 aromatic heterocycles. The number of hydrogen-bond acceptors (Lipinski definition) is 6. The van der Waals surface area contributed by atoms with E-state index in [1.54, 1.807) is 12.1 Å². The fourth-order valence-corrected chi connectivity index (χ4v) is 5.62. The summed E-state index contributed by atoms with van der Waals surface area (Å²) in [5.74, 6) is -0.957. The van der Waals surface area contributed by atoms with E-state index in [4.69, 9.17) is 4.74 Å². The van der Waals surface area contributed by atoms with E-state index in [2.05, 4.69) is 10.3 Å². The highest BCUT2D eigenvalue weighted by molar-refractivity contribution is 7.89. The molecule has 8 nitrogen and oxygen atoms in total. The summed E-state index contributed by atoms with van der Waals surface area (Å²) in [5, 5.41) is 2.95. The van der Waals surface area contributed by atoms with Crippen molar-refractivity contribution in [1.82, 2.24) is 9.62 Å². The molecule has 9 heteroatoms. The van der Waals surface area contributed by atoms with E-state index in [0.29, 0.717) is 18.6 Å². The maximum atomic E-state index is 13.2. The van der Waals surface area contributed by atoms with Gasteiger partial charge < -0.3 is 10.1 Å². The molecular formula is C22H23N3O5S. The average molecular weight is 442 g/mol. The van der Waals surface area contributed by atoms with Crippen LogP contribution in [0.4, 0.5) is 0 Å². The molecule has 2 aliphatic rings. The monoisotopic (exact) mass is 441 g/mol. The fraction of sp³-hybridized carbons (Fsp3) is 0.318. The van der Waals surface area contributed by atoms with Gasteiger partial charge in [0.25, 0.3) is 5.91 Å². The van der Waals surface area contributed by atoms with Crippen molar-refractivity contribution >= 4 is 27.6 Å². The van der Waals surface area contributed by atoms with Crippen molar-refractivity contribution < 1.29 is 22.7 Å². The zero-order chi connectivity index (χ0) is 22.2. The molecule has 1 fully saturated rings. The third kappa shape index (κ3) is 3.86. The Morgan fingerprint density at radius 2 is 1.84 bits per heavy atom. The van der Waals surface area contributed by atoms with Gasteiger partial charge in [0.2, 0.25) is 10.0 Å². The maximum Gasteiger partial charge on any atom is 0.339 e. The second kappa shape index (κ2) is 7.90. The molecule has 2 aromatic rings. The van der Waals surface area contributed by atoms with Crippen molar-refractivity contribution in [1.29, 1.82) is 0 Å². The second-order valence-electron chi connectivity index (χ2n) is 7.71. The van der Waals surface area contributed by atoms with E-state index in [9.17, 15) is 18.0 Å². The van der Waals surface area contributed by atoms with Gasteiger partial charge in [0.1, 0.15) is 11.4 Å². The Morgan fingerprint density at radius 3 is 2.52 bits per heavy atom. The standard InChI is InChI=1S/C22H23N3O5S/c1-15-6-5-7-16(14-15)19-20(26)24-22(23-19)10-12-25(13-11-22)31(28,29)18-9-4-3-8-17(18)21(27)30-2/h3-9,14H,10-13H2,1-2H3,(H,24,26). The molecule has 0 unspecified atom stereocenters. The molecule has 4 rings (SSSR count). The zero-order valence-electron chi connectivity index (χ0n) is 17.3. The first-order chi connectivity index (χ1) is 14.8. The van der Waals surface area contributed by atoms with E-state index in [0.717, 1.165) is 11.1 Å². The van der Waals surface area contributed by atoms with Gasteiger partial charge in [-0.15, -0.1) is 0 Å². The Balaban J connectivity index is 1.57. The van der Waals surface area contributed by atoms with Gasteiger partial charge in [0.05, 0.1) is 17.6 Å². The Bertz CT molecular complexity index is 1180. The van der Waals surface area contributed by atoms with Gasteiger partial charge in [-0.05, 0) is 25.1 Å². The van der Waals surface area contributed by atoms with Crippen LogP contribution in [0, 0.1) is 6.92 Å². The number of sulfonamides is 1. The van der Waals surface area contributed by atoms with Gasteiger partial charge in [-0.3, -0.25) is 9.79 Å². The SMILES string of the molecule is COC(=O)c1ccccc1S(=O)(=O)N1CCC2(CC1)N=C(c1cccc(C)c1)C(=O)N2. The van der Waals surface area contributed by atoms with Crippen LogP contribution < -0.4 is 5.32 Å². The maximum absolute atomic E-state index is 13.2. The number of benzene rings is 2. The molecule has 1 N–H and O–H groups in total. The van der Waals surface area contributed by atoms with Crippen LogP contribution in [0.5, 0.6) is 0 Å². The number of hydrogen-bond donors (Lipinski definition) is 1. The summed E-state index contributed by atoms with van der Waals surface area (Å²) in [6.07, 6.45) is 0.682. The van der Waals surface area contributed by atoms with Crippen molar-refractivity contribution in [2.75, 3.05) is 20.2 Å². The van der Waals surface area contributed by atoms with E-state index >= 15 is 0 Å². The van der Waals surface area contributed by atoms with Gasteiger partial charge >= 0.3 is 5.97 Å². The second-order valence-corrected chi connectivity index (χ2v) is 9.61. The topological polar surface area (TPSA) is 105 Å². The molecule has 162 valence electrons. The highest BCUT2D eigenvalue weighted by Gasteiger charge is 2.44. The molecule has 0 saturated carbocycles. The number of ether oxygens (including phenoxy) is 1. The van der Waals surface area contributed by atoms with Crippen LogP contribution in [0.2, 0.25) is 0 Å². The first-order valence-corrected chi connectivity index (χ1v) is 11.4. The van der Waals surface area contributed by atoms with Crippen LogP contribution >= 0.6 is 0 Å². The summed E-state index contributed by atoms with van der Waals surface area (Å²) < 4.78 is 32.5. The molecule has 0 bridgehead atoms. The lowest BCUT2D eigenvalue weighted by Gasteiger charge is -2.36. The number of carbonyl (C=O) groups is 2. The van der Waals surface area contributed by atoms with Crippen LogP contribution in [-0.4, -0.2) is 56.2 Å². The number of nitrogens with one attached hydrogen (secondary N) is 1. The molecule has 31 heavy (non-hydrogen) atoms. The molecular weight excluding hydrogens is 418 g/mol. The number of esters is 1. The quantitative estimate of drug-likeness (QED) is 0.730. The largest absolute Gasteiger partial charge is 0.465 e. The van der Waals surface area contributed by atoms with Crippen LogP contribution in [0.25, 0.3) is 0 Å². The number of nitrogens with zero attached hydrogens (tertiary/aromatic N) is 2. The first kappa shape index (κ1) is 21.2. The Morgan fingerprint density at radius 1 is 1.13 bits per heavy atom. The molecule has 2 aromatic carbocycles. The predicted molar refractivity (Wildman–Crippen MR) is 114 cm³/mol. The highest BCUT2D eigenvalue weighted by atomic mass is 32.2. The van der Waals surface area contributed by atoms with E-state index in [1.807, 2.05) is 31.2 Å². The van der Waals surface area contributed by atoms with Crippen LogP contribution in [-0.2, 0) is 19.6 Å². The number of aryl methyl sites for hydroxylation is 1. The Hall–Kier alpha value is -3.04. The smallest absolute Gasteiger partial charge is 0.339 e. The third-order valence-corrected chi connectivity index (χ3v) is 7.60. The Labute approximate surface area is 181 Å². The summed E-state index contributed by atoms with van der Waals surface area (Å²) in [6.45, 7) is 2.29. The lowest BCUT2D eigenvalue weighted by Crippen LogP contribution is -2.52. The van der Waals surface area contributed by atoms with Gasteiger partial charge in [0.15, 0.2) is 0 Å². The molecule has 2 aliphatic heterocycles. The third-order valence-electron chi connectivity index (χ3n) is 5.64. The number of amides is 1. The molecule has 0 atom stereocenters. The van der Waals surface area contributed by atoms with Crippen molar-refractivity contribution in [3.63, 3.8) is 0 Å². The summed E-state index contributed by atoms with van der Waals surface area (Å²) >= 11 is 0. The van der Waals surface area contributed by atoms with Crippen LogP contribution in [0.1, 0.15) is 34.3 Å². The van der Waals surface area contributed by atoms with Crippen LogP contribution in [0.15, 0.2) is 58.4 Å². The minimum absolute atomic E-state index is 0.000731. The molecule has 1 saturated heterocycles. The van der Waals surface area contributed by atoms with Gasteiger partial charge in [-0.25, -0.2) is 13.2 Å². The molecule has 0 radical (unpaired) electrons. The molecule has 0 aliphatic carbocycles. The molecule has 1 spiro atoms. The van der Waals surface area contributed by atoms with Gasteiger partial charge in [-0.1, -0.05) is 35.9 Å². The minimum Gasteiger partial charge on any atom is -0.465 e. The minimum atomic E-state index is -3.91. The number of piperidine rings is 1.